The molecule has 1 N–H and O–H groups in total. The molecule has 1 atom stereocenters. The van der Waals surface area contributed by atoms with E-state index in [4.69, 9.17) is 4.74 Å². The lowest BCUT2D eigenvalue weighted by Gasteiger charge is -2.26. The summed E-state index contributed by atoms with van der Waals surface area (Å²) in [6.07, 6.45) is -1.85. The molecule has 2 amide bonds. The first kappa shape index (κ1) is 18.8. The summed E-state index contributed by atoms with van der Waals surface area (Å²) in [4.78, 5) is 16.3. The number of nitrogens with one attached hydrogen (secondary N) is 1. The fourth-order valence-electron chi connectivity index (χ4n) is 3.42. The van der Waals surface area contributed by atoms with Gasteiger partial charge in [0.15, 0.2) is 0 Å². The van der Waals surface area contributed by atoms with Crippen molar-refractivity contribution in [2.45, 2.75) is 38.5 Å². The van der Waals surface area contributed by atoms with Crippen LogP contribution in [0.5, 0.6) is 0 Å². The molecule has 0 bridgehead atoms. The van der Waals surface area contributed by atoms with Gasteiger partial charge in [0.05, 0.1) is 23.0 Å². The van der Waals surface area contributed by atoms with Gasteiger partial charge in [-0.3, -0.25) is 0 Å². The molecule has 1 unspecified atom stereocenters. The van der Waals surface area contributed by atoms with Gasteiger partial charge in [-0.15, -0.1) is 0 Å². The molecular formula is C18H24F3N3O2. The lowest BCUT2D eigenvalue weighted by molar-refractivity contribution is -0.137. The Morgan fingerprint density at radius 1 is 1.19 bits per heavy atom. The van der Waals surface area contributed by atoms with E-state index in [-0.39, 0.29) is 17.8 Å². The highest BCUT2D eigenvalue weighted by molar-refractivity contribution is 5.93. The number of rotatable bonds is 2. The van der Waals surface area contributed by atoms with Gasteiger partial charge in [-0.1, -0.05) is 0 Å². The van der Waals surface area contributed by atoms with Gasteiger partial charge >= 0.3 is 12.2 Å². The third-order valence-electron chi connectivity index (χ3n) is 4.75. The first-order chi connectivity index (χ1) is 12.3. The van der Waals surface area contributed by atoms with E-state index in [1.165, 1.54) is 6.07 Å². The molecule has 2 fully saturated rings. The molecule has 0 aliphatic carbocycles. The van der Waals surface area contributed by atoms with E-state index in [1.54, 1.807) is 4.90 Å². The molecule has 8 heteroatoms. The summed E-state index contributed by atoms with van der Waals surface area (Å²) < 4.78 is 44.9. The Morgan fingerprint density at radius 3 is 2.62 bits per heavy atom. The number of carbonyl (C=O) groups excluding carboxylic acids is 1. The monoisotopic (exact) mass is 371 g/mol. The number of ether oxygens (including phenoxy) is 1. The molecule has 26 heavy (non-hydrogen) atoms. The summed E-state index contributed by atoms with van der Waals surface area (Å²) in [5, 5.41) is 2.71. The minimum absolute atomic E-state index is 0.0946. The molecule has 2 saturated heterocycles. The minimum Gasteiger partial charge on any atom is -0.377 e. The molecule has 144 valence electrons. The van der Waals surface area contributed by atoms with E-state index in [1.807, 2.05) is 11.8 Å². The highest BCUT2D eigenvalue weighted by Crippen LogP contribution is 2.36. The SMILES string of the molecule is CC1CN(C(=O)Nc2cc(C(F)(F)F)ccc2N2CCCC2)CCCO1. The number of alkyl halides is 3. The van der Waals surface area contributed by atoms with Crippen molar-refractivity contribution in [3.05, 3.63) is 23.8 Å². The molecule has 0 radical (unpaired) electrons. The maximum absolute atomic E-state index is 13.1. The first-order valence-electron chi connectivity index (χ1n) is 8.98. The summed E-state index contributed by atoms with van der Waals surface area (Å²) in [5.41, 5.74) is 0.0934. The highest BCUT2D eigenvalue weighted by atomic mass is 19.4. The molecule has 3 rings (SSSR count). The summed E-state index contributed by atoms with van der Waals surface area (Å²) in [6.45, 7) is 4.96. The minimum atomic E-state index is -4.45. The Hall–Kier alpha value is -1.96. The lowest BCUT2D eigenvalue weighted by Crippen LogP contribution is -2.39. The van der Waals surface area contributed by atoms with Gasteiger partial charge < -0.3 is 19.9 Å². The Balaban J connectivity index is 1.84. The van der Waals surface area contributed by atoms with Crippen molar-refractivity contribution in [1.82, 2.24) is 4.90 Å². The smallest absolute Gasteiger partial charge is 0.377 e. The molecule has 1 aromatic rings. The Bertz CT molecular complexity index is 645. The molecule has 2 aliphatic rings. The van der Waals surface area contributed by atoms with Gasteiger partial charge in [-0.05, 0) is 44.4 Å². The van der Waals surface area contributed by atoms with E-state index in [0.717, 1.165) is 38.1 Å². The third-order valence-corrected chi connectivity index (χ3v) is 4.75. The number of carbonyl (C=O) groups is 1. The van der Waals surface area contributed by atoms with Gasteiger partial charge in [0, 0.05) is 32.8 Å². The predicted molar refractivity (Wildman–Crippen MR) is 93.5 cm³/mol. The molecule has 5 nitrogen and oxygen atoms in total. The maximum atomic E-state index is 13.1. The number of urea groups is 1. The lowest BCUT2D eigenvalue weighted by atomic mass is 10.1. The van der Waals surface area contributed by atoms with Crippen LogP contribution < -0.4 is 10.2 Å². The molecular weight excluding hydrogens is 347 g/mol. The molecule has 1 aromatic carbocycles. The van der Waals surface area contributed by atoms with Gasteiger partial charge in [0.2, 0.25) is 0 Å². The van der Waals surface area contributed by atoms with Crippen LogP contribution in [-0.4, -0.2) is 49.8 Å². The van der Waals surface area contributed by atoms with Crippen molar-refractivity contribution < 1.29 is 22.7 Å². The van der Waals surface area contributed by atoms with Crippen LogP contribution >= 0.6 is 0 Å². The molecule has 0 spiro atoms. The van der Waals surface area contributed by atoms with Crippen molar-refractivity contribution >= 4 is 17.4 Å². The second-order valence-electron chi connectivity index (χ2n) is 6.83. The Morgan fingerprint density at radius 2 is 1.92 bits per heavy atom. The zero-order chi connectivity index (χ0) is 18.7. The zero-order valence-corrected chi connectivity index (χ0v) is 14.8. The zero-order valence-electron chi connectivity index (χ0n) is 14.8. The normalized spacial score (nSPS) is 21.6. The number of hydrogen-bond acceptors (Lipinski definition) is 3. The topological polar surface area (TPSA) is 44.8 Å². The van der Waals surface area contributed by atoms with E-state index in [9.17, 15) is 18.0 Å². The van der Waals surface area contributed by atoms with Gasteiger partial charge in [-0.2, -0.15) is 13.2 Å². The quantitative estimate of drug-likeness (QED) is 0.856. The van der Waals surface area contributed by atoms with Gasteiger partial charge in [0.25, 0.3) is 0 Å². The van der Waals surface area contributed by atoms with Crippen LogP contribution in [-0.2, 0) is 10.9 Å². The summed E-state index contributed by atoms with van der Waals surface area (Å²) >= 11 is 0. The Kier molecular flexibility index (Phi) is 5.60. The van der Waals surface area contributed by atoms with Crippen LogP contribution in [0.2, 0.25) is 0 Å². The fourth-order valence-corrected chi connectivity index (χ4v) is 3.42. The van der Waals surface area contributed by atoms with Gasteiger partial charge in [0.1, 0.15) is 0 Å². The molecule has 2 heterocycles. The second-order valence-corrected chi connectivity index (χ2v) is 6.83. The van der Waals surface area contributed by atoms with Gasteiger partial charge in [-0.25, -0.2) is 4.79 Å². The van der Waals surface area contributed by atoms with Crippen LogP contribution in [0.15, 0.2) is 18.2 Å². The van der Waals surface area contributed by atoms with E-state index < -0.39 is 11.7 Å². The number of halogens is 3. The molecule has 0 aromatic heterocycles. The van der Waals surface area contributed by atoms with Crippen molar-refractivity contribution in [1.29, 1.82) is 0 Å². The van der Waals surface area contributed by atoms with E-state index >= 15 is 0 Å². The summed E-state index contributed by atoms with van der Waals surface area (Å²) in [6, 6.07) is 3.17. The third kappa shape index (κ3) is 4.41. The number of benzene rings is 1. The summed E-state index contributed by atoms with van der Waals surface area (Å²) in [5.74, 6) is 0. The van der Waals surface area contributed by atoms with Crippen LogP contribution in [0.3, 0.4) is 0 Å². The van der Waals surface area contributed by atoms with Crippen molar-refractivity contribution in [3.63, 3.8) is 0 Å². The molecule has 0 saturated carbocycles. The number of nitrogens with zero attached hydrogens (tertiary/aromatic N) is 2. The number of anilines is 2. The fraction of sp³-hybridized carbons (Fsp3) is 0.611. The summed E-state index contributed by atoms with van der Waals surface area (Å²) in [7, 11) is 0. The average Bonchev–Trinajstić information content (AvgIpc) is 3.02. The van der Waals surface area contributed by atoms with Crippen LogP contribution in [0.25, 0.3) is 0 Å². The molecule has 2 aliphatic heterocycles. The highest BCUT2D eigenvalue weighted by Gasteiger charge is 2.32. The predicted octanol–water partition coefficient (Wildman–Crippen LogP) is 3.95. The standard InChI is InChI=1S/C18H24F3N3O2/c1-13-12-24(9-4-10-26-13)17(25)22-15-11-14(18(19,20)21)5-6-16(15)23-7-2-3-8-23/h5-6,11,13H,2-4,7-10,12H2,1H3,(H,22,25). The number of amides is 2. The van der Waals surface area contributed by atoms with Crippen molar-refractivity contribution in [2.24, 2.45) is 0 Å². The van der Waals surface area contributed by atoms with Crippen LogP contribution in [0, 0.1) is 0 Å². The largest absolute Gasteiger partial charge is 0.416 e. The van der Waals surface area contributed by atoms with Crippen LogP contribution in [0.1, 0.15) is 31.7 Å². The first-order valence-corrected chi connectivity index (χ1v) is 8.98. The van der Waals surface area contributed by atoms with E-state index in [2.05, 4.69) is 5.32 Å². The number of hydrogen-bond donors (Lipinski definition) is 1. The maximum Gasteiger partial charge on any atom is 0.416 e. The average molecular weight is 371 g/mol. The Labute approximate surface area is 151 Å². The second kappa shape index (κ2) is 7.73. The van der Waals surface area contributed by atoms with Crippen LogP contribution in [0.4, 0.5) is 29.3 Å². The van der Waals surface area contributed by atoms with Crippen molar-refractivity contribution in [3.8, 4) is 0 Å². The van der Waals surface area contributed by atoms with Crippen molar-refractivity contribution in [2.75, 3.05) is 43.0 Å². The van der Waals surface area contributed by atoms with E-state index in [0.29, 0.717) is 31.8 Å².